The lowest BCUT2D eigenvalue weighted by molar-refractivity contribution is -0.384. The number of nitro benzene ring substituents is 1. The molecule has 0 spiro atoms. The van der Waals surface area contributed by atoms with E-state index in [0.29, 0.717) is 25.7 Å². The number of aromatic hydroxyl groups is 1. The van der Waals surface area contributed by atoms with Gasteiger partial charge < -0.3 is 5.11 Å². The third-order valence-corrected chi connectivity index (χ3v) is 4.75. The first kappa shape index (κ1) is 15.3. The van der Waals surface area contributed by atoms with Gasteiger partial charge in [0.2, 0.25) is 5.88 Å². The average molecular weight is 346 g/mol. The van der Waals surface area contributed by atoms with E-state index in [1.165, 1.54) is 34.3 Å². The fourth-order valence-corrected chi connectivity index (χ4v) is 3.24. The number of hydrogen-bond acceptors (Lipinski definition) is 7. The summed E-state index contributed by atoms with van der Waals surface area (Å²) in [4.78, 5) is 11.0. The molecule has 2 heterocycles. The molecule has 0 amide bonds. The van der Waals surface area contributed by atoms with Crippen molar-refractivity contribution in [1.82, 2.24) is 4.57 Å². The normalized spacial score (nSPS) is 15.2. The molecular formula is C14H10N4O3S2. The lowest BCUT2D eigenvalue weighted by Gasteiger charge is -2.02. The van der Waals surface area contributed by atoms with E-state index < -0.39 is 4.92 Å². The van der Waals surface area contributed by atoms with E-state index in [1.54, 1.807) is 25.3 Å². The van der Waals surface area contributed by atoms with Crippen molar-refractivity contribution in [2.75, 3.05) is 0 Å². The third kappa shape index (κ3) is 2.83. The molecule has 9 heteroatoms. The van der Waals surface area contributed by atoms with Crippen molar-refractivity contribution in [3.05, 3.63) is 54.3 Å². The van der Waals surface area contributed by atoms with Crippen LogP contribution >= 0.6 is 23.6 Å². The summed E-state index contributed by atoms with van der Waals surface area (Å²) in [7, 11) is 1.68. The summed E-state index contributed by atoms with van der Waals surface area (Å²) in [6.07, 6.45) is 3.25. The molecule has 0 bridgehead atoms. The minimum absolute atomic E-state index is 0.0188. The van der Waals surface area contributed by atoms with Crippen molar-refractivity contribution >= 4 is 47.2 Å². The first-order valence-electron chi connectivity index (χ1n) is 6.44. The standard InChI is InChI=1S/C14H10N4O3S2/c1-17-13(19)11(23-14(17)22)6-9-7-15-16-12(9)8-3-2-4-10(5-8)18(20)21/h2-7,19H,1H3/b9-6+. The van der Waals surface area contributed by atoms with Crippen molar-refractivity contribution in [3.8, 4) is 5.88 Å². The summed E-state index contributed by atoms with van der Waals surface area (Å²) in [5, 5.41) is 28.8. The van der Waals surface area contributed by atoms with E-state index in [4.69, 9.17) is 12.2 Å². The molecule has 1 aromatic carbocycles. The van der Waals surface area contributed by atoms with Crippen molar-refractivity contribution in [2.24, 2.45) is 17.3 Å². The Balaban J connectivity index is 2.03. The van der Waals surface area contributed by atoms with Crippen LogP contribution in [-0.4, -0.2) is 26.5 Å². The van der Waals surface area contributed by atoms with Crippen LogP contribution in [0.2, 0.25) is 0 Å². The smallest absolute Gasteiger partial charge is 0.270 e. The number of nitro groups is 1. The summed E-state index contributed by atoms with van der Waals surface area (Å²) < 4.78 is 2.04. The Labute approximate surface area is 139 Å². The summed E-state index contributed by atoms with van der Waals surface area (Å²) in [6, 6.07) is 6.17. The highest BCUT2D eigenvalue weighted by Gasteiger charge is 2.17. The number of nitrogens with zero attached hydrogens (tertiary/aromatic N) is 4. The van der Waals surface area contributed by atoms with Crippen LogP contribution in [0.15, 0.2) is 40.0 Å². The van der Waals surface area contributed by atoms with Crippen LogP contribution in [0.3, 0.4) is 0 Å². The van der Waals surface area contributed by atoms with Crippen LogP contribution in [0.4, 0.5) is 5.69 Å². The SMILES string of the molecule is Cn1c(O)c(/C=C2\C=NN=C2c2cccc([N+](=O)[O-])c2)sc1=S. The molecular weight excluding hydrogens is 336 g/mol. The Morgan fingerprint density at radius 1 is 1.48 bits per heavy atom. The molecule has 1 N–H and O–H groups in total. The van der Waals surface area contributed by atoms with Gasteiger partial charge in [-0.25, -0.2) is 0 Å². The van der Waals surface area contributed by atoms with E-state index in [-0.39, 0.29) is 11.6 Å². The van der Waals surface area contributed by atoms with E-state index in [1.807, 2.05) is 0 Å². The summed E-state index contributed by atoms with van der Waals surface area (Å²) >= 11 is 6.38. The highest BCUT2D eigenvalue weighted by Crippen LogP contribution is 2.29. The molecule has 0 fully saturated rings. The molecule has 0 atom stereocenters. The minimum atomic E-state index is -0.460. The Morgan fingerprint density at radius 3 is 2.91 bits per heavy atom. The molecule has 0 aliphatic carbocycles. The van der Waals surface area contributed by atoms with E-state index in [2.05, 4.69) is 10.2 Å². The topological polar surface area (TPSA) is 93.0 Å². The number of benzene rings is 1. The number of hydrogen-bond donors (Lipinski definition) is 1. The molecule has 0 radical (unpaired) electrons. The van der Waals surface area contributed by atoms with Gasteiger partial charge in [0, 0.05) is 30.3 Å². The number of aromatic nitrogens is 1. The van der Waals surface area contributed by atoms with Crippen LogP contribution in [0.25, 0.3) is 6.08 Å². The first-order valence-corrected chi connectivity index (χ1v) is 7.66. The van der Waals surface area contributed by atoms with Gasteiger partial charge in [-0.3, -0.25) is 14.7 Å². The molecule has 3 rings (SSSR count). The molecule has 1 aliphatic heterocycles. The summed E-state index contributed by atoms with van der Waals surface area (Å²) in [6.45, 7) is 0. The Bertz CT molecular complexity index is 953. The van der Waals surface area contributed by atoms with Crippen LogP contribution in [-0.2, 0) is 7.05 Å². The molecule has 0 unspecified atom stereocenters. The lowest BCUT2D eigenvalue weighted by atomic mass is 10.0. The van der Waals surface area contributed by atoms with Crippen molar-refractivity contribution < 1.29 is 10.0 Å². The lowest BCUT2D eigenvalue weighted by Crippen LogP contribution is -2.03. The zero-order valence-electron chi connectivity index (χ0n) is 11.8. The second-order valence-corrected chi connectivity index (χ2v) is 6.39. The highest BCUT2D eigenvalue weighted by molar-refractivity contribution is 7.73. The van der Waals surface area contributed by atoms with Crippen molar-refractivity contribution in [3.63, 3.8) is 0 Å². The summed E-state index contributed by atoms with van der Waals surface area (Å²) in [5.41, 5.74) is 1.73. The minimum Gasteiger partial charge on any atom is -0.493 e. The number of rotatable bonds is 3. The summed E-state index contributed by atoms with van der Waals surface area (Å²) in [5.74, 6) is 0.0613. The quantitative estimate of drug-likeness (QED) is 0.524. The first-order chi connectivity index (χ1) is 11.0. The van der Waals surface area contributed by atoms with Crippen LogP contribution < -0.4 is 0 Å². The maximum Gasteiger partial charge on any atom is 0.270 e. The van der Waals surface area contributed by atoms with Gasteiger partial charge in [-0.1, -0.05) is 12.1 Å². The zero-order valence-corrected chi connectivity index (χ0v) is 13.5. The van der Waals surface area contributed by atoms with Crippen molar-refractivity contribution in [2.45, 2.75) is 0 Å². The van der Waals surface area contributed by atoms with Crippen LogP contribution in [0.5, 0.6) is 5.88 Å². The van der Waals surface area contributed by atoms with Crippen LogP contribution in [0.1, 0.15) is 10.4 Å². The van der Waals surface area contributed by atoms with Crippen LogP contribution in [0, 0.1) is 14.1 Å². The molecule has 0 saturated heterocycles. The molecule has 116 valence electrons. The second kappa shape index (κ2) is 5.86. The maximum atomic E-state index is 10.9. The van der Waals surface area contributed by atoms with Crippen molar-refractivity contribution in [1.29, 1.82) is 0 Å². The van der Waals surface area contributed by atoms with Gasteiger partial charge in [0.15, 0.2) is 3.95 Å². The van der Waals surface area contributed by atoms with E-state index in [0.717, 1.165) is 0 Å². The second-order valence-electron chi connectivity index (χ2n) is 4.72. The fourth-order valence-electron chi connectivity index (χ4n) is 2.06. The molecule has 23 heavy (non-hydrogen) atoms. The zero-order chi connectivity index (χ0) is 16.6. The Hall–Kier alpha value is -2.65. The number of thiazole rings is 1. The third-order valence-electron chi connectivity index (χ3n) is 3.25. The predicted molar refractivity (Wildman–Crippen MR) is 91.9 cm³/mol. The largest absolute Gasteiger partial charge is 0.493 e. The van der Waals surface area contributed by atoms with Gasteiger partial charge in [0.1, 0.15) is 5.71 Å². The van der Waals surface area contributed by atoms with Gasteiger partial charge >= 0.3 is 0 Å². The maximum absolute atomic E-state index is 10.9. The fraction of sp³-hybridized carbons (Fsp3) is 0.0714. The highest BCUT2D eigenvalue weighted by atomic mass is 32.1. The van der Waals surface area contributed by atoms with Gasteiger partial charge in [0.25, 0.3) is 5.69 Å². The average Bonchev–Trinajstić information content (AvgIpc) is 3.09. The van der Waals surface area contributed by atoms with Gasteiger partial charge in [-0.2, -0.15) is 5.10 Å². The van der Waals surface area contributed by atoms with E-state index >= 15 is 0 Å². The van der Waals surface area contributed by atoms with E-state index in [9.17, 15) is 15.2 Å². The molecule has 1 aromatic heterocycles. The molecule has 2 aromatic rings. The van der Waals surface area contributed by atoms with Gasteiger partial charge in [-0.15, -0.1) is 16.4 Å². The molecule has 0 saturated carbocycles. The molecule has 7 nitrogen and oxygen atoms in total. The van der Waals surface area contributed by atoms with Gasteiger partial charge in [0.05, 0.1) is 16.0 Å². The number of non-ortho nitro benzene ring substituents is 1. The molecule has 1 aliphatic rings. The van der Waals surface area contributed by atoms with Gasteiger partial charge in [-0.05, 0) is 18.3 Å². The monoisotopic (exact) mass is 346 g/mol. The predicted octanol–water partition coefficient (Wildman–Crippen LogP) is 3.30. The Kier molecular flexibility index (Phi) is 3.89. The number of allylic oxidation sites excluding steroid dienone is 1. The Morgan fingerprint density at radius 2 is 2.26 bits per heavy atom.